The van der Waals surface area contributed by atoms with Gasteiger partial charge in [-0.3, -0.25) is 9.59 Å². The number of nitrogens with two attached hydrogens (primary N) is 1. The van der Waals surface area contributed by atoms with Gasteiger partial charge in [-0.1, -0.05) is 6.92 Å². The minimum Gasteiger partial charge on any atom is -0.338 e. The number of rotatable bonds is 3. The van der Waals surface area contributed by atoms with Crippen LogP contribution in [0.2, 0.25) is 0 Å². The number of carbonyl (C=O) groups is 2. The van der Waals surface area contributed by atoms with Crippen molar-refractivity contribution in [3.63, 3.8) is 0 Å². The lowest BCUT2D eigenvalue weighted by molar-refractivity contribution is -0.157. The summed E-state index contributed by atoms with van der Waals surface area (Å²) in [5.74, 6) is -1.05. The first-order valence-corrected chi connectivity index (χ1v) is 7.56. The first-order valence-electron chi connectivity index (χ1n) is 7.56. The molecule has 2 fully saturated rings. The van der Waals surface area contributed by atoms with Crippen molar-refractivity contribution in [1.29, 1.82) is 0 Å². The number of alkyl halides is 3. The quantitative estimate of drug-likeness (QED) is 0.830. The third-order valence-electron chi connectivity index (χ3n) is 4.47. The van der Waals surface area contributed by atoms with E-state index in [2.05, 4.69) is 6.92 Å². The molecule has 3 atom stereocenters. The zero-order valence-corrected chi connectivity index (χ0v) is 13.8. The van der Waals surface area contributed by atoms with Gasteiger partial charge in [0.05, 0.1) is 5.92 Å². The summed E-state index contributed by atoms with van der Waals surface area (Å²) < 4.78 is 37.3. The fourth-order valence-electron chi connectivity index (χ4n) is 3.31. The highest BCUT2D eigenvalue weighted by atomic mass is 35.5. The van der Waals surface area contributed by atoms with Crippen molar-refractivity contribution in [2.75, 3.05) is 26.2 Å². The van der Waals surface area contributed by atoms with Crippen molar-refractivity contribution in [1.82, 2.24) is 9.80 Å². The average molecular weight is 358 g/mol. The van der Waals surface area contributed by atoms with Gasteiger partial charge >= 0.3 is 6.18 Å². The molecule has 3 unspecified atom stereocenters. The molecular formula is C14H23ClF3N3O2. The van der Waals surface area contributed by atoms with Crippen LogP contribution in [0.4, 0.5) is 13.2 Å². The van der Waals surface area contributed by atoms with Gasteiger partial charge in [-0.2, -0.15) is 13.2 Å². The molecule has 2 rings (SSSR count). The highest BCUT2D eigenvalue weighted by molar-refractivity contribution is 5.89. The normalized spacial score (nSPS) is 28.7. The number of halogens is 4. The summed E-state index contributed by atoms with van der Waals surface area (Å²) in [6, 6.07) is -0.0805. The van der Waals surface area contributed by atoms with Crippen molar-refractivity contribution in [2.45, 2.75) is 38.4 Å². The van der Waals surface area contributed by atoms with Gasteiger partial charge < -0.3 is 15.5 Å². The van der Waals surface area contributed by atoms with E-state index < -0.39 is 24.5 Å². The van der Waals surface area contributed by atoms with E-state index in [1.165, 1.54) is 0 Å². The molecule has 0 bridgehead atoms. The van der Waals surface area contributed by atoms with Crippen LogP contribution in [-0.2, 0) is 9.59 Å². The Hall–Kier alpha value is -1.02. The van der Waals surface area contributed by atoms with Crippen LogP contribution in [0, 0.1) is 11.8 Å². The molecule has 2 heterocycles. The molecule has 0 aromatic rings. The van der Waals surface area contributed by atoms with E-state index in [1.54, 1.807) is 4.90 Å². The van der Waals surface area contributed by atoms with E-state index >= 15 is 0 Å². The summed E-state index contributed by atoms with van der Waals surface area (Å²) >= 11 is 0. The van der Waals surface area contributed by atoms with Gasteiger partial charge in [0, 0.05) is 32.1 Å². The van der Waals surface area contributed by atoms with Gasteiger partial charge in [-0.05, 0) is 18.8 Å². The molecule has 0 aromatic heterocycles. The minimum absolute atomic E-state index is 0. The van der Waals surface area contributed by atoms with Crippen molar-refractivity contribution < 1.29 is 22.8 Å². The predicted molar refractivity (Wildman–Crippen MR) is 80.9 cm³/mol. The second-order valence-corrected chi connectivity index (χ2v) is 6.34. The van der Waals surface area contributed by atoms with Crippen LogP contribution in [-0.4, -0.2) is 60.0 Å². The van der Waals surface area contributed by atoms with Gasteiger partial charge in [0.25, 0.3) is 0 Å². The predicted octanol–water partition coefficient (Wildman–Crippen LogP) is 1.40. The fraction of sp³-hybridized carbons (Fsp3) is 0.857. The van der Waals surface area contributed by atoms with Gasteiger partial charge in [0.15, 0.2) is 0 Å². The molecule has 0 saturated carbocycles. The lowest BCUT2D eigenvalue weighted by Crippen LogP contribution is -2.51. The Balaban J connectivity index is 0.00000264. The molecule has 0 aromatic carbocycles. The van der Waals surface area contributed by atoms with E-state index in [9.17, 15) is 22.8 Å². The molecule has 2 aliphatic rings. The van der Waals surface area contributed by atoms with Crippen LogP contribution in [0.15, 0.2) is 0 Å². The van der Waals surface area contributed by atoms with Gasteiger partial charge in [0.2, 0.25) is 11.8 Å². The fourth-order valence-corrected chi connectivity index (χ4v) is 3.31. The van der Waals surface area contributed by atoms with Gasteiger partial charge in [-0.15, -0.1) is 12.4 Å². The van der Waals surface area contributed by atoms with Gasteiger partial charge in [-0.25, -0.2) is 0 Å². The van der Waals surface area contributed by atoms with E-state index in [0.717, 1.165) is 17.7 Å². The summed E-state index contributed by atoms with van der Waals surface area (Å²) in [5, 5.41) is 0. The first kappa shape index (κ1) is 20.0. The molecule has 2 aliphatic heterocycles. The van der Waals surface area contributed by atoms with Gasteiger partial charge in [0.1, 0.15) is 6.54 Å². The lowest BCUT2D eigenvalue weighted by Gasteiger charge is -2.39. The Morgan fingerprint density at radius 3 is 2.61 bits per heavy atom. The summed E-state index contributed by atoms with van der Waals surface area (Å²) in [7, 11) is 0. The smallest absolute Gasteiger partial charge is 0.338 e. The number of likely N-dealkylation sites (tertiary alicyclic amines) is 2. The van der Waals surface area contributed by atoms with E-state index in [4.69, 9.17) is 5.73 Å². The van der Waals surface area contributed by atoms with Crippen LogP contribution in [0.1, 0.15) is 26.2 Å². The molecule has 0 aliphatic carbocycles. The number of hydrogen-bond acceptors (Lipinski definition) is 3. The molecule has 0 radical (unpaired) electrons. The molecule has 2 N–H and O–H groups in total. The largest absolute Gasteiger partial charge is 0.406 e. The maximum atomic E-state index is 12.5. The molecule has 9 heteroatoms. The lowest BCUT2D eigenvalue weighted by atomic mass is 9.91. The Morgan fingerprint density at radius 2 is 2.04 bits per heavy atom. The Kier molecular flexibility index (Phi) is 6.70. The molecule has 0 spiro atoms. The van der Waals surface area contributed by atoms with Crippen molar-refractivity contribution in [3.8, 4) is 0 Å². The third-order valence-corrected chi connectivity index (χ3v) is 4.47. The highest BCUT2D eigenvalue weighted by Gasteiger charge is 2.43. The van der Waals surface area contributed by atoms with E-state index in [0.29, 0.717) is 19.0 Å². The zero-order chi connectivity index (χ0) is 16.5. The van der Waals surface area contributed by atoms with Crippen LogP contribution in [0.3, 0.4) is 0 Å². The monoisotopic (exact) mass is 357 g/mol. The van der Waals surface area contributed by atoms with Crippen molar-refractivity contribution in [2.24, 2.45) is 17.6 Å². The second kappa shape index (κ2) is 7.70. The van der Waals surface area contributed by atoms with E-state index in [1.807, 2.05) is 0 Å². The maximum absolute atomic E-state index is 12.5. The Bertz CT molecular complexity index is 447. The molecule has 5 nitrogen and oxygen atoms in total. The summed E-state index contributed by atoms with van der Waals surface area (Å²) in [5.41, 5.74) is 5.71. The maximum Gasteiger partial charge on any atom is 0.406 e. The molecular weight excluding hydrogens is 335 g/mol. The number of piperidine rings is 1. The molecule has 134 valence electrons. The zero-order valence-electron chi connectivity index (χ0n) is 13.0. The van der Waals surface area contributed by atoms with Crippen LogP contribution in [0.25, 0.3) is 0 Å². The van der Waals surface area contributed by atoms with E-state index in [-0.39, 0.29) is 37.3 Å². The first-order chi connectivity index (χ1) is 10.2. The summed E-state index contributed by atoms with van der Waals surface area (Å²) in [6.07, 6.45) is -2.92. The standard InChI is InChI=1S/C14H22F3N3O2.ClH/c1-9-2-3-20(11(4-9)6-18)13(22)10-5-12(21)19(7-10)8-14(15,16)17;/h9-11H,2-8,18H2,1H3;1H. The number of carbonyl (C=O) groups excluding carboxylic acids is 2. The second-order valence-electron chi connectivity index (χ2n) is 6.34. The summed E-state index contributed by atoms with van der Waals surface area (Å²) in [4.78, 5) is 26.6. The highest BCUT2D eigenvalue weighted by Crippen LogP contribution is 2.28. The Morgan fingerprint density at radius 1 is 1.39 bits per heavy atom. The SMILES string of the molecule is CC1CCN(C(=O)C2CC(=O)N(CC(F)(F)F)C2)C(CN)C1.Cl. The van der Waals surface area contributed by atoms with Crippen molar-refractivity contribution >= 4 is 24.2 Å². The van der Waals surface area contributed by atoms with Crippen LogP contribution >= 0.6 is 12.4 Å². The van der Waals surface area contributed by atoms with Crippen molar-refractivity contribution in [3.05, 3.63) is 0 Å². The molecule has 23 heavy (non-hydrogen) atoms. The number of hydrogen-bond donors (Lipinski definition) is 1. The minimum atomic E-state index is -4.44. The molecule has 2 amide bonds. The van der Waals surface area contributed by atoms with Crippen LogP contribution < -0.4 is 5.73 Å². The topological polar surface area (TPSA) is 66.6 Å². The molecule has 2 saturated heterocycles. The third kappa shape index (κ3) is 4.97. The summed E-state index contributed by atoms with van der Waals surface area (Å²) in [6.45, 7) is 1.55. The number of nitrogens with zero attached hydrogens (tertiary/aromatic N) is 2. The Labute approximate surface area is 139 Å². The average Bonchev–Trinajstić information content (AvgIpc) is 2.77. The number of amides is 2. The van der Waals surface area contributed by atoms with Crippen LogP contribution in [0.5, 0.6) is 0 Å².